The van der Waals surface area contributed by atoms with E-state index in [1.165, 1.54) is 11.8 Å². The van der Waals surface area contributed by atoms with Crippen molar-refractivity contribution >= 4 is 0 Å². The van der Waals surface area contributed by atoms with Gasteiger partial charge in [-0.1, -0.05) is 0 Å². The van der Waals surface area contributed by atoms with Gasteiger partial charge in [-0.05, 0) is 21.1 Å². The molecule has 0 saturated carbocycles. The Bertz CT molecular complexity index is 147. The van der Waals surface area contributed by atoms with Gasteiger partial charge >= 0.3 is 0 Å². The predicted octanol–water partition coefficient (Wildman–Crippen LogP) is -1.27. The molecule has 0 fully saturated rings. The highest BCUT2D eigenvalue weighted by atomic mass is 16.5. The molecule has 0 aromatic carbocycles. The first-order valence-corrected chi connectivity index (χ1v) is 4.87. The van der Waals surface area contributed by atoms with Gasteiger partial charge in [0.25, 0.3) is 0 Å². The second kappa shape index (κ2) is 6.31. The van der Waals surface area contributed by atoms with E-state index in [0.29, 0.717) is 6.54 Å². The SMILES string of the molecule is CNCCN(C)CCN(C)C(C)(O)O. The Morgan fingerprint density at radius 3 is 2.14 bits per heavy atom. The van der Waals surface area contributed by atoms with Crippen molar-refractivity contribution in [3.63, 3.8) is 0 Å². The third-order valence-corrected chi connectivity index (χ3v) is 2.28. The van der Waals surface area contributed by atoms with Crippen LogP contribution < -0.4 is 5.32 Å². The Morgan fingerprint density at radius 2 is 1.71 bits per heavy atom. The Labute approximate surface area is 86.3 Å². The van der Waals surface area contributed by atoms with Gasteiger partial charge in [0.15, 0.2) is 0 Å². The van der Waals surface area contributed by atoms with E-state index >= 15 is 0 Å². The molecule has 0 bridgehead atoms. The monoisotopic (exact) mass is 205 g/mol. The Balaban J connectivity index is 3.61. The van der Waals surface area contributed by atoms with Gasteiger partial charge in [0.1, 0.15) is 0 Å². The fraction of sp³-hybridized carbons (Fsp3) is 1.00. The first kappa shape index (κ1) is 13.8. The van der Waals surface area contributed by atoms with E-state index in [-0.39, 0.29) is 0 Å². The Hall–Kier alpha value is -0.200. The number of hydrogen-bond acceptors (Lipinski definition) is 5. The number of hydrogen-bond donors (Lipinski definition) is 3. The lowest BCUT2D eigenvalue weighted by Crippen LogP contribution is -2.46. The number of nitrogens with one attached hydrogen (secondary N) is 1. The summed E-state index contributed by atoms with van der Waals surface area (Å²) in [5.74, 6) is -1.72. The van der Waals surface area contributed by atoms with Crippen molar-refractivity contribution in [3.05, 3.63) is 0 Å². The molecule has 0 radical (unpaired) electrons. The highest BCUT2D eigenvalue weighted by molar-refractivity contribution is 4.61. The molecule has 0 spiro atoms. The maximum atomic E-state index is 9.23. The lowest BCUT2D eigenvalue weighted by Gasteiger charge is -2.29. The minimum Gasteiger partial charge on any atom is -0.353 e. The van der Waals surface area contributed by atoms with Crippen molar-refractivity contribution in [2.24, 2.45) is 0 Å². The van der Waals surface area contributed by atoms with Gasteiger partial charge < -0.3 is 20.4 Å². The van der Waals surface area contributed by atoms with Gasteiger partial charge in [-0.2, -0.15) is 0 Å². The number of likely N-dealkylation sites (N-methyl/N-ethyl adjacent to an activating group) is 3. The van der Waals surface area contributed by atoms with E-state index in [4.69, 9.17) is 0 Å². The van der Waals surface area contributed by atoms with Crippen LogP contribution in [-0.4, -0.2) is 73.2 Å². The molecule has 5 heteroatoms. The average molecular weight is 205 g/mol. The van der Waals surface area contributed by atoms with Gasteiger partial charge in [0, 0.05) is 33.1 Å². The van der Waals surface area contributed by atoms with Crippen LogP contribution in [-0.2, 0) is 0 Å². The van der Waals surface area contributed by atoms with Crippen LogP contribution in [0.3, 0.4) is 0 Å². The molecule has 3 N–H and O–H groups in total. The lowest BCUT2D eigenvalue weighted by molar-refractivity contribution is -0.242. The van der Waals surface area contributed by atoms with E-state index in [1.807, 2.05) is 14.1 Å². The second-order valence-corrected chi connectivity index (χ2v) is 3.80. The van der Waals surface area contributed by atoms with Crippen molar-refractivity contribution in [2.75, 3.05) is 47.3 Å². The number of aliphatic hydroxyl groups is 2. The summed E-state index contributed by atoms with van der Waals surface area (Å²) in [4.78, 5) is 3.64. The molecule has 0 amide bonds. The van der Waals surface area contributed by atoms with Crippen molar-refractivity contribution in [1.29, 1.82) is 0 Å². The molecule has 0 aliphatic heterocycles. The lowest BCUT2D eigenvalue weighted by atomic mass is 10.4. The first-order valence-electron chi connectivity index (χ1n) is 4.87. The van der Waals surface area contributed by atoms with E-state index < -0.39 is 5.91 Å². The van der Waals surface area contributed by atoms with Crippen molar-refractivity contribution in [3.8, 4) is 0 Å². The molecule has 0 aliphatic carbocycles. The molecular formula is C9H23N3O2. The third-order valence-electron chi connectivity index (χ3n) is 2.28. The van der Waals surface area contributed by atoms with Crippen molar-refractivity contribution < 1.29 is 10.2 Å². The molecule has 5 nitrogen and oxygen atoms in total. The Kier molecular flexibility index (Phi) is 6.22. The molecule has 0 aliphatic rings. The molecular weight excluding hydrogens is 182 g/mol. The van der Waals surface area contributed by atoms with Crippen molar-refractivity contribution in [2.45, 2.75) is 12.8 Å². The zero-order valence-corrected chi connectivity index (χ0v) is 9.62. The van der Waals surface area contributed by atoms with Crippen LogP contribution >= 0.6 is 0 Å². The minimum atomic E-state index is -1.72. The van der Waals surface area contributed by atoms with Gasteiger partial charge in [0.05, 0.1) is 0 Å². The summed E-state index contributed by atoms with van der Waals surface area (Å²) in [6.07, 6.45) is 0. The topological polar surface area (TPSA) is 59.0 Å². The summed E-state index contributed by atoms with van der Waals surface area (Å²) in [6, 6.07) is 0. The molecule has 14 heavy (non-hydrogen) atoms. The van der Waals surface area contributed by atoms with E-state index in [0.717, 1.165) is 19.6 Å². The average Bonchev–Trinajstić information content (AvgIpc) is 2.09. The molecule has 0 atom stereocenters. The van der Waals surface area contributed by atoms with Gasteiger partial charge in [0.2, 0.25) is 5.91 Å². The van der Waals surface area contributed by atoms with E-state index in [9.17, 15) is 10.2 Å². The van der Waals surface area contributed by atoms with Crippen LogP contribution in [0.1, 0.15) is 6.92 Å². The summed E-state index contributed by atoms with van der Waals surface area (Å²) in [5, 5.41) is 21.5. The number of rotatable bonds is 7. The maximum absolute atomic E-state index is 9.23. The molecule has 86 valence electrons. The second-order valence-electron chi connectivity index (χ2n) is 3.80. The fourth-order valence-corrected chi connectivity index (χ4v) is 0.947. The fourth-order valence-electron chi connectivity index (χ4n) is 0.947. The summed E-state index contributed by atoms with van der Waals surface area (Å²) >= 11 is 0. The third kappa shape index (κ3) is 6.28. The smallest absolute Gasteiger partial charge is 0.221 e. The van der Waals surface area contributed by atoms with Crippen LogP contribution in [0.5, 0.6) is 0 Å². The van der Waals surface area contributed by atoms with Crippen molar-refractivity contribution in [1.82, 2.24) is 15.1 Å². The molecule has 0 unspecified atom stereocenters. The Morgan fingerprint density at radius 1 is 1.14 bits per heavy atom. The maximum Gasteiger partial charge on any atom is 0.221 e. The summed E-state index contributed by atoms with van der Waals surface area (Å²) < 4.78 is 0. The van der Waals surface area contributed by atoms with E-state index in [1.54, 1.807) is 7.05 Å². The number of nitrogens with zero attached hydrogens (tertiary/aromatic N) is 2. The minimum absolute atomic E-state index is 0.629. The van der Waals surface area contributed by atoms with Crippen LogP contribution in [0.15, 0.2) is 0 Å². The van der Waals surface area contributed by atoms with Gasteiger partial charge in [-0.15, -0.1) is 0 Å². The molecule has 0 saturated heterocycles. The molecule has 0 aromatic rings. The van der Waals surface area contributed by atoms with Crippen LogP contribution in [0.25, 0.3) is 0 Å². The van der Waals surface area contributed by atoms with Gasteiger partial charge in [-0.3, -0.25) is 4.90 Å². The predicted molar refractivity (Wildman–Crippen MR) is 56.9 cm³/mol. The standard InChI is InChI=1S/C9H23N3O2/c1-9(13,14)12(4)8-7-11(3)6-5-10-2/h10,13-14H,5-8H2,1-4H3. The zero-order chi connectivity index (χ0) is 11.2. The largest absolute Gasteiger partial charge is 0.353 e. The molecule has 0 aromatic heterocycles. The normalized spacial score (nSPS) is 12.9. The quantitative estimate of drug-likeness (QED) is 0.452. The zero-order valence-electron chi connectivity index (χ0n) is 9.62. The van der Waals surface area contributed by atoms with Crippen LogP contribution in [0, 0.1) is 0 Å². The van der Waals surface area contributed by atoms with Crippen LogP contribution in [0.4, 0.5) is 0 Å². The van der Waals surface area contributed by atoms with Crippen LogP contribution in [0.2, 0.25) is 0 Å². The highest BCUT2D eigenvalue weighted by Gasteiger charge is 2.21. The highest BCUT2D eigenvalue weighted by Crippen LogP contribution is 2.02. The summed E-state index contributed by atoms with van der Waals surface area (Å²) in [6.45, 7) is 4.70. The first-order chi connectivity index (χ1) is 6.38. The molecule has 0 heterocycles. The van der Waals surface area contributed by atoms with Gasteiger partial charge in [-0.25, -0.2) is 0 Å². The summed E-state index contributed by atoms with van der Waals surface area (Å²) in [7, 11) is 5.61. The summed E-state index contributed by atoms with van der Waals surface area (Å²) in [5.41, 5.74) is 0. The molecule has 0 rings (SSSR count). The van der Waals surface area contributed by atoms with E-state index in [2.05, 4.69) is 10.2 Å².